The Morgan fingerprint density at radius 3 is 2.54 bits per heavy atom. The molecule has 1 aliphatic rings. The molecule has 0 saturated carbocycles. The average Bonchev–Trinajstić information content (AvgIpc) is 2.05. The summed E-state index contributed by atoms with van der Waals surface area (Å²) in [5.41, 5.74) is 5.51. The maximum absolute atomic E-state index is 5.51. The third-order valence-electron chi connectivity index (χ3n) is 2.16. The third-order valence-corrected chi connectivity index (χ3v) is 2.16. The molecular weight excluding hydrogens is 211 g/mol. The highest BCUT2D eigenvalue weighted by Crippen LogP contribution is 2.07. The molecule has 1 unspecified atom stereocenters. The van der Waals surface area contributed by atoms with Gasteiger partial charge in [-0.05, 0) is 13.8 Å². The van der Waals surface area contributed by atoms with Crippen LogP contribution < -0.4 is 5.73 Å². The van der Waals surface area contributed by atoms with Crippen molar-refractivity contribution >= 4 is 24.8 Å². The van der Waals surface area contributed by atoms with Crippen molar-refractivity contribution < 1.29 is 4.74 Å². The summed E-state index contributed by atoms with van der Waals surface area (Å²) >= 11 is 0. The molecular formula is C8H20Cl2N2O. The van der Waals surface area contributed by atoms with Crippen LogP contribution in [0, 0.1) is 0 Å². The molecule has 0 spiro atoms. The molecule has 0 aliphatic carbocycles. The predicted molar refractivity (Wildman–Crippen MR) is 60.0 cm³/mol. The van der Waals surface area contributed by atoms with Crippen molar-refractivity contribution in [1.82, 2.24) is 4.90 Å². The Balaban J connectivity index is 0. The van der Waals surface area contributed by atoms with Crippen LogP contribution in [0.4, 0.5) is 0 Å². The molecule has 1 rings (SSSR count). The highest BCUT2D eigenvalue weighted by atomic mass is 35.5. The van der Waals surface area contributed by atoms with Gasteiger partial charge in [0.05, 0.1) is 12.7 Å². The maximum Gasteiger partial charge on any atom is 0.0824 e. The van der Waals surface area contributed by atoms with Crippen molar-refractivity contribution in [2.45, 2.75) is 26.0 Å². The highest BCUT2D eigenvalue weighted by molar-refractivity contribution is 5.85. The first kappa shape index (κ1) is 15.9. The van der Waals surface area contributed by atoms with Crippen LogP contribution in [0.5, 0.6) is 0 Å². The third kappa shape index (κ3) is 5.03. The zero-order valence-electron chi connectivity index (χ0n) is 8.23. The molecule has 82 valence electrons. The highest BCUT2D eigenvalue weighted by Gasteiger charge is 2.20. The normalized spacial score (nSPS) is 23.5. The molecule has 1 atom stereocenters. The Morgan fingerprint density at radius 2 is 2.08 bits per heavy atom. The van der Waals surface area contributed by atoms with Crippen molar-refractivity contribution in [3.8, 4) is 0 Å². The number of nitrogens with two attached hydrogens (primary N) is 1. The smallest absolute Gasteiger partial charge is 0.0824 e. The molecule has 13 heavy (non-hydrogen) atoms. The molecule has 1 heterocycles. The number of halogens is 2. The van der Waals surface area contributed by atoms with Gasteiger partial charge in [-0.3, -0.25) is 4.90 Å². The molecule has 0 aromatic carbocycles. The number of hydrogen-bond donors (Lipinski definition) is 1. The van der Waals surface area contributed by atoms with Gasteiger partial charge in [-0.25, -0.2) is 0 Å². The zero-order chi connectivity index (χ0) is 8.27. The van der Waals surface area contributed by atoms with E-state index in [1.165, 1.54) is 0 Å². The summed E-state index contributed by atoms with van der Waals surface area (Å²) in [6.45, 7) is 7.93. The van der Waals surface area contributed by atoms with Crippen LogP contribution in [-0.4, -0.2) is 43.3 Å². The number of rotatable bonds is 2. The second-order valence-corrected chi connectivity index (χ2v) is 3.32. The van der Waals surface area contributed by atoms with Gasteiger partial charge in [0.25, 0.3) is 0 Å². The van der Waals surface area contributed by atoms with Crippen molar-refractivity contribution in [3.05, 3.63) is 0 Å². The lowest BCUT2D eigenvalue weighted by Crippen LogP contribution is -2.48. The Bertz CT molecular complexity index is 125. The molecule has 2 N–H and O–H groups in total. The fraction of sp³-hybridized carbons (Fsp3) is 1.00. The molecule has 0 radical (unpaired) electrons. The van der Waals surface area contributed by atoms with E-state index in [0.29, 0.717) is 12.6 Å². The molecule has 0 aromatic rings. The fourth-order valence-corrected chi connectivity index (χ4v) is 1.35. The first-order valence-electron chi connectivity index (χ1n) is 4.29. The first-order chi connectivity index (χ1) is 5.24. The molecule has 3 nitrogen and oxygen atoms in total. The van der Waals surface area contributed by atoms with Crippen LogP contribution in [0.25, 0.3) is 0 Å². The van der Waals surface area contributed by atoms with Gasteiger partial charge >= 0.3 is 0 Å². The van der Waals surface area contributed by atoms with E-state index in [4.69, 9.17) is 10.5 Å². The Labute approximate surface area is 92.8 Å². The minimum Gasteiger partial charge on any atom is -0.374 e. The van der Waals surface area contributed by atoms with E-state index < -0.39 is 0 Å². The summed E-state index contributed by atoms with van der Waals surface area (Å²) in [6.07, 6.45) is 0.256. The largest absolute Gasteiger partial charge is 0.374 e. The van der Waals surface area contributed by atoms with Crippen LogP contribution >= 0.6 is 24.8 Å². The van der Waals surface area contributed by atoms with Crippen molar-refractivity contribution in [3.63, 3.8) is 0 Å². The van der Waals surface area contributed by atoms with Crippen LogP contribution in [0.1, 0.15) is 13.8 Å². The van der Waals surface area contributed by atoms with E-state index in [-0.39, 0.29) is 30.9 Å². The summed E-state index contributed by atoms with van der Waals surface area (Å²) < 4.78 is 5.44. The predicted octanol–water partition coefficient (Wildman–Crippen LogP) is 0.898. The van der Waals surface area contributed by atoms with Crippen LogP contribution in [0.15, 0.2) is 0 Å². The minimum absolute atomic E-state index is 0. The summed E-state index contributed by atoms with van der Waals surface area (Å²) in [5, 5.41) is 0. The minimum atomic E-state index is 0. The van der Waals surface area contributed by atoms with Gasteiger partial charge in [-0.1, -0.05) is 0 Å². The summed E-state index contributed by atoms with van der Waals surface area (Å²) in [4.78, 5) is 2.40. The van der Waals surface area contributed by atoms with E-state index in [2.05, 4.69) is 18.7 Å². The zero-order valence-corrected chi connectivity index (χ0v) is 9.87. The summed E-state index contributed by atoms with van der Waals surface area (Å²) in [5.74, 6) is 0. The van der Waals surface area contributed by atoms with E-state index in [1.807, 2.05) is 0 Å². The Kier molecular flexibility index (Phi) is 9.58. The van der Waals surface area contributed by atoms with E-state index >= 15 is 0 Å². The SMILES string of the molecule is CC(C)N1CCOC(CN)C1.Cl.Cl. The molecule has 5 heteroatoms. The number of nitrogens with zero attached hydrogens (tertiary/aromatic N) is 1. The van der Waals surface area contributed by atoms with Gasteiger partial charge in [0.2, 0.25) is 0 Å². The summed E-state index contributed by atoms with van der Waals surface area (Å²) in [6, 6.07) is 0.618. The summed E-state index contributed by atoms with van der Waals surface area (Å²) in [7, 11) is 0. The van der Waals surface area contributed by atoms with Crippen molar-refractivity contribution in [2.24, 2.45) is 5.73 Å². The number of morpholine rings is 1. The lowest BCUT2D eigenvalue weighted by atomic mass is 10.2. The van der Waals surface area contributed by atoms with Crippen LogP contribution in [0.2, 0.25) is 0 Å². The molecule has 0 bridgehead atoms. The van der Waals surface area contributed by atoms with Crippen molar-refractivity contribution in [2.75, 3.05) is 26.2 Å². The van der Waals surface area contributed by atoms with E-state index in [1.54, 1.807) is 0 Å². The Morgan fingerprint density at radius 1 is 1.46 bits per heavy atom. The van der Waals surface area contributed by atoms with E-state index in [9.17, 15) is 0 Å². The van der Waals surface area contributed by atoms with Crippen LogP contribution in [0.3, 0.4) is 0 Å². The van der Waals surface area contributed by atoms with Gasteiger partial charge < -0.3 is 10.5 Å². The fourth-order valence-electron chi connectivity index (χ4n) is 1.35. The maximum atomic E-state index is 5.51. The van der Waals surface area contributed by atoms with Gasteiger partial charge in [0, 0.05) is 25.7 Å². The Hall–Kier alpha value is 0.460. The number of hydrogen-bond acceptors (Lipinski definition) is 3. The van der Waals surface area contributed by atoms with Gasteiger partial charge in [0.1, 0.15) is 0 Å². The second-order valence-electron chi connectivity index (χ2n) is 3.32. The molecule has 1 fully saturated rings. The van der Waals surface area contributed by atoms with Gasteiger partial charge in [-0.15, -0.1) is 24.8 Å². The average molecular weight is 231 g/mol. The quantitative estimate of drug-likeness (QED) is 0.767. The lowest BCUT2D eigenvalue weighted by molar-refractivity contribution is -0.0334. The lowest BCUT2D eigenvalue weighted by Gasteiger charge is -2.34. The monoisotopic (exact) mass is 230 g/mol. The first-order valence-corrected chi connectivity index (χ1v) is 4.29. The van der Waals surface area contributed by atoms with Gasteiger partial charge in [-0.2, -0.15) is 0 Å². The van der Waals surface area contributed by atoms with Gasteiger partial charge in [0.15, 0.2) is 0 Å². The second kappa shape index (κ2) is 7.83. The molecule has 0 amide bonds. The molecule has 1 saturated heterocycles. The molecule has 1 aliphatic heterocycles. The molecule has 0 aromatic heterocycles. The van der Waals surface area contributed by atoms with Crippen molar-refractivity contribution in [1.29, 1.82) is 0 Å². The van der Waals surface area contributed by atoms with Crippen LogP contribution in [-0.2, 0) is 4.74 Å². The topological polar surface area (TPSA) is 38.5 Å². The standard InChI is InChI=1S/C8H18N2O.2ClH/c1-7(2)10-3-4-11-8(5-9)6-10;;/h7-8H,3-6,9H2,1-2H3;2*1H. The van der Waals surface area contributed by atoms with E-state index in [0.717, 1.165) is 19.7 Å². The number of ether oxygens (including phenoxy) is 1.